The SMILES string of the molecule is O=CC1OC1C/C=C\CCC(=O)OCI. The lowest BCUT2D eigenvalue weighted by molar-refractivity contribution is -0.140. The van der Waals surface area contributed by atoms with Crippen LogP contribution in [0.2, 0.25) is 0 Å². The molecule has 0 N–H and O–H groups in total. The molecule has 1 heterocycles. The standard InChI is InChI=1S/C10H13IO4/c11-7-14-10(13)5-3-1-2-4-8-9(6-12)15-8/h1-2,6,8-9H,3-5,7H2/b2-1-. The first-order valence-corrected chi connectivity index (χ1v) is 6.28. The van der Waals surface area contributed by atoms with Crippen LogP contribution in [0.4, 0.5) is 0 Å². The highest BCUT2D eigenvalue weighted by atomic mass is 127. The van der Waals surface area contributed by atoms with E-state index < -0.39 is 0 Å². The highest BCUT2D eigenvalue weighted by Gasteiger charge is 2.36. The van der Waals surface area contributed by atoms with E-state index in [0.29, 0.717) is 17.5 Å². The molecule has 0 bridgehead atoms. The van der Waals surface area contributed by atoms with Gasteiger partial charge in [-0.15, -0.1) is 0 Å². The number of rotatable bonds is 7. The highest BCUT2D eigenvalue weighted by Crippen LogP contribution is 2.23. The molecule has 0 spiro atoms. The first-order valence-electron chi connectivity index (χ1n) is 4.75. The zero-order valence-electron chi connectivity index (χ0n) is 8.23. The van der Waals surface area contributed by atoms with Gasteiger partial charge in [-0.1, -0.05) is 12.2 Å². The van der Waals surface area contributed by atoms with Crippen LogP contribution in [-0.2, 0) is 19.1 Å². The molecular formula is C10H13IO4. The summed E-state index contributed by atoms with van der Waals surface area (Å²) in [5.41, 5.74) is 0. The molecule has 2 unspecified atom stereocenters. The largest absolute Gasteiger partial charge is 0.455 e. The molecule has 2 atom stereocenters. The minimum Gasteiger partial charge on any atom is -0.455 e. The summed E-state index contributed by atoms with van der Waals surface area (Å²) in [5, 5.41) is 0. The topological polar surface area (TPSA) is 55.9 Å². The van der Waals surface area contributed by atoms with Crippen molar-refractivity contribution in [2.75, 3.05) is 4.61 Å². The van der Waals surface area contributed by atoms with E-state index >= 15 is 0 Å². The van der Waals surface area contributed by atoms with Crippen molar-refractivity contribution in [3.63, 3.8) is 0 Å². The Kier molecular flexibility index (Phi) is 5.85. The fourth-order valence-electron chi connectivity index (χ4n) is 1.15. The Labute approximate surface area is 102 Å². The number of aldehydes is 1. The molecule has 0 aromatic rings. The van der Waals surface area contributed by atoms with Gasteiger partial charge in [0.25, 0.3) is 0 Å². The molecule has 0 aromatic heterocycles. The van der Waals surface area contributed by atoms with Crippen LogP contribution in [0.15, 0.2) is 12.2 Å². The van der Waals surface area contributed by atoms with Gasteiger partial charge in [-0.05, 0) is 35.4 Å². The van der Waals surface area contributed by atoms with Crippen molar-refractivity contribution in [3.05, 3.63) is 12.2 Å². The second-order valence-corrected chi connectivity index (χ2v) is 3.77. The van der Waals surface area contributed by atoms with Crippen LogP contribution in [0, 0.1) is 0 Å². The molecule has 0 saturated carbocycles. The van der Waals surface area contributed by atoms with E-state index in [1.807, 2.05) is 34.7 Å². The van der Waals surface area contributed by atoms with Crippen molar-refractivity contribution in [1.29, 1.82) is 0 Å². The van der Waals surface area contributed by atoms with E-state index in [1.54, 1.807) is 0 Å². The Morgan fingerprint density at radius 3 is 2.87 bits per heavy atom. The van der Waals surface area contributed by atoms with Crippen molar-refractivity contribution >= 4 is 34.8 Å². The van der Waals surface area contributed by atoms with Crippen LogP contribution in [0.3, 0.4) is 0 Å². The fraction of sp³-hybridized carbons (Fsp3) is 0.600. The Balaban J connectivity index is 1.98. The Hall–Kier alpha value is -0.430. The lowest BCUT2D eigenvalue weighted by Gasteiger charge is -1.96. The van der Waals surface area contributed by atoms with Crippen LogP contribution in [0.5, 0.6) is 0 Å². The third-order valence-electron chi connectivity index (χ3n) is 2.02. The van der Waals surface area contributed by atoms with Crippen molar-refractivity contribution in [3.8, 4) is 0 Å². The van der Waals surface area contributed by atoms with Crippen molar-refractivity contribution < 1.29 is 19.1 Å². The van der Waals surface area contributed by atoms with Gasteiger partial charge in [0, 0.05) is 6.42 Å². The number of hydrogen-bond donors (Lipinski definition) is 0. The molecule has 1 rings (SSSR count). The van der Waals surface area contributed by atoms with E-state index in [-0.39, 0.29) is 18.2 Å². The number of carbonyl (C=O) groups excluding carboxylic acids is 2. The number of alkyl halides is 1. The third-order valence-corrected chi connectivity index (χ3v) is 2.33. The van der Waals surface area contributed by atoms with E-state index in [0.717, 1.165) is 12.7 Å². The number of halogens is 1. The van der Waals surface area contributed by atoms with Gasteiger partial charge in [-0.3, -0.25) is 4.79 Å². The molecule has 0 aliphatic carbocycles. The molecule has 1 fully saturated rings. The van der Waals surface area contributed by atoms with Gasteiger partial charge in [-0.25, -0.2) is 0 Å². The normalized spacial score (nSPS) is 24.1. The summed E-state index contributed by atoms with van der Waals surface area (Å²) in [6.45, 7) is 0. The minimum atomic E-state index is -0.210. The van der Waals surface area contributed by atoms with Crippen molar-refractivity contribution in [2.45, 2.75) is 31.5 Å². The van der Waals surface area contributed by atoms with Gasteiger partial charge < -0.3 is 14.3 Å². The van der Waals surface area contributed by atoms with Gasteiger partial charge in [0.2, 0.25) is 0 Å². The maximum absolute atomic E-state index is 10.9. The number of epoxide rings is 1. The average molecular weight is 324 g/mol. The lowest BCUT2D eigenvalue weighted by atomic mass is 10.2. The monoisotopic (exact) mass is 324 g/mol. The Morgan fingerprint density at radius 1 is 1.47 bits per heavy atom. The smallest absolute Gasteiger partial charge is 0.306 e. The summed E-state index contributed by atoms with van der Waals surface area (Å²) < 4.78 is 10.2. The van der Waals surface area contributed by atoms with Crippen LogP contribution >= 0.6 is 22.6 Å². The minimum absolute atomic E-state index is 0.0556. The van der Waals surface area contributed by atoms with Crippen LogP contribution in [0.25, 0.3) is 0 Å². The Morgan fingerprint density at radius 2 is 2.27 bits per heavy atom. The average Bonchev–Trinajstić information content (AvgIpc) is 2.96. The van der Waals surface area contributed by atoms with Crippen LogP contribution in [-0.4, -0.2) is 29.1 Å². The molecule has 0 aromatic carbocycles. The predicted molar refractivity (Wildman–Crippen MR) is 62.7 cm³/mol. The number of allylic oxidation sites excluding steroid dienone is 1. The summed E-state index contributed by atoms with van der Waals surface area (Å²) >= 11 is 1.98. The zero-order chi connectivity index (χ0) is 11.1. The fourth-order valence-corrected chi connectivity index (χ4v) is 1.50. The van der Waals surface area contributed by atoms with E-state index in [1.165, 1.54) is 0 Å². The van der Waals surface area contributed by atoms with E-state index in [4.69, 9.17) is 9.47 Å². The maximum Gasteiger partial charge on any atom is 0.306 e. The van der Waals surface area contributed by atoms with Gasteiger partial charge in [-0.2, -0.15) is 0 Å². The molecule has 5 heteroatoms. The van der Waals surface area contributed by atoms with E-state index in [2.05, 4.69) is 0 Å². The third kappa shape index (κ3) is 5.27. The van der Waals surface area contributed by atoms with Gasteiger partial charge >= 0.3 is 5.97 Å². The molecule has 1 saturated heterocycles. The molecule has 0 radical (unpaired) electrons. The second kappa shape index (κ2) is 6.95. The molecule has 84 valence electrons. The first-order chi connectivity index (χ1) is 7.27. The summed E-state index contributed by atoms with van der Waals surface area (Å²) in [4.78, 5) is 21.1. The number of hydrogen-bond acceptors (Lipinski definition) is 4. The predicted octanol–water partition coefficient (Wildman–Crippen LogP) is 1.61. The molecule has 15 heavy (non-hydrogen) atoms. The lowest BCUT2D eigenvalue weighted by Crippen LogP contribution is -2.01. The zero-order valence-corrected chi connectivity index (χ0v) is 10.4. The summed E-state index contributed by atoms with van der Waals surface area (Å²) in [6.07, 6.45) is 6.33. The summed E-state index contributed by atoms with van der Waals surface area (Å²) in [7, 11) is 0. The molecule has 1 aliphatic heterocycles. The van der Waals surface area contributed by atoms with Crippen LogP contribution in [0.1, 0.15) is 19.3 Å². The molecule has 4 nitrogen and oxygen atoms in total. The molecule has 0 amide bonds. The Bertz CT molecular complexity index is 252. The number of esters is 1. The van der Waals surface area contributed by atoms with E-state index in [9.17, 15) is 9.59 Å². The highest BCUT2D eigenvalue weighted by molar-refractivity contribution is 14.1. The summed E-state index contributed by atoms with van der Waals surface area (Å²) in [6, 6.07) is 0. The molecular weight excluding hydrogens is 311 g/mol. The molecule has 1 aliphatic rings. The van der Waals surface area contributed by atoms with Gasteiger partial charge in [0.15, 0.2) is 6.29 Å². The number of ether oxygens (including phenoxy) is 2. The summed E-state index contributed by atoms with van der Waals surface area (Å²) in [5.74, 6) is -0.178. The first kappa shape index (κ1) is 12.6. The number of carbonyl (C=O) groups is 2. The van der Waals surface area contributed by atoms with Crippen molar-refractivity contribution in [2.24, 2.45) is 0 Å². The van der Waals surface area contributed by atoms with Crippen LogP contribution < -0.4 is 0 Å². The van der Waals surface area contributed by atoms with Gasteiger partial charge in [0.1, 0.15) is 10.7 Å². The quantitative estimate of drug-likeness (QED) is 0.178. The maximum atomic E-state index is 10.9. The van der Waals surface area contributed by atoms with Crippen molar-refractivity contribution in [1.82, 2.24) is 0 Å². The van der Waals surface area contributed by atoms with Gasteiger partial charge in [0.05, 0.1) is 6.10 Å². The second-order valence-electron chi connectivity index (χ2n) is 3.15.